The van der Waals surface area contributed by atoms with E-state index in [4.69, 9.17) is 0 Å². The summed E-state index contributed by atoms with van der Waals surface area (Å²) in [6, 6.07) is 21.5. The highest BCUT2D eigenvalue weighted by atomic mass is 32.2. The number of aromatic hydroxyl groups is 1. The van der Waals surface area contributed by atoms with Crippen molar-refractivity contribution in [3.63, 3.8) is 0 Å². The van der Waals surface area contributed by atoms with Crippen molar-refractivity contribution >= 4 is 21.4 Å². The van der Waals surface area contributed by atoms with Crippen molar-refractivity contribution in [2.45, 2.75) is 24.0 Å². The molecule has 1 amide bonds. The standard InChI is InChI=1S/C30H31NO5S/c1-3-5-13-26(4-2)31(27-16-18-28(33)19-17-27)30(34)25(21-32)20-23-11-9-10-12-24(23)22-37(35,36)29-14-7-6-8-15-29/h3-19,25,32-33H,1,20-22H2,2H3/b13-5-,26-4+. The van der Waals surface area contributed by atoms with Gasteiger partial charge in [0.05, 0.1) is 23.2 Å². The van der Waals surface area contributed by atoms with E-state index in [0.717, 1.165) is 0 Å². The number of carbonyl (C=O) groups is 1. The number of benzene rings is 3. The van der Waals surface area contributed by atoms with Gasteiger partial charge in [-0.15, -0.1) is 0 Å². The van der Waals surface area contributed by atoms with Crippen molar-refractivity contribution in [3.05, 3.63) is 127 Å². The van der Waals surface area contributed by atoms with Crippen LogP contribution in [0.3, 0.4) is 0 Å². The maximum Gasteiger partial charge on any atom is 0.237 e. The molecule has 1 atom stereocenters. The van der Waals surface area contributed by atoms with E-state index in [1.165, 1.54) is 17.0 Å². The highest BCUT2D eigenvalue weighted by Gasteiger charge is 2.28. The molecule has 3 aromatic carbocycles. The van der Waals surface area contributed by atoms with Gasteiger partial charge in [-0.1, -0.05) is 67.3 Å². The fourth-order valence-corrected chi connectivity index (χ4v) is 5.39. The van der Waals surface area contributed by atoms with Crippen LogP contribution in [0.2, 0.25) is 0 Å². The zero-order chi connectivity index (χ0) is 26.8. The van der Waals surface area contributed by atoms with E-state index in [9.17, 15) is 23.4 Å². The predicted octanol–water partition coefficient (Wildman–Crippen LogP) is 5.20. The fourth-order valence-electron chi connectivity index (χ4n) is 3.96. The lowest BCUT2D eigenvalue weighted by Crippen LogP contribution is -2.38. The molecule has 0 aliphatic heterocycles. The zero-order valence-electron chi connectivity index (χ0n) is 20.7. The van der Waals surface area contributed by atoms with Gasteiger partial charge in [-0.05, 0) is 66.9 Å². The molecule has 37 heavy (non-hydrogen) atoms. The summed E-state index contributed by atoms with van der Waals surface area (Å²) in [5, 5.41) is 20.0. The van der Waals surface area contributed by atoms with Crippen LogP contribution < -0.4 is 4.90 Å². The number of rotatable bonds is 11. The maximum absolute atomic E-state index is 13.8. The summed E-state index contributed by atoms with van der Waals surface area (Å²) in [4.78, 5) is 15.5. The normalized spacial score (nSPS) is 12.9. The molecule has 0 radical (unpaired) electrons. The quantitative estimate of drug-likeness (QED) is 0.341. The maximum atomic E-state index is 13.8. The molecule has 0 saturated heterocycles. The molecule has 2 N–H and O–H groups in total. The number of hydrogen-bond acceptors (Lipinski definition) is 5. The molecule has 1 unspecified atom stereocenters. The average Bonchev–Trinajstić information content (AvgIpc) is 2.91. The van der Waals surface area contributed by atoms with Gasteiger partial charge in [0.25, 0.3) is 0 Å². The van der Waals surface area contributed by atoms with E-state index in [1.807, 2.05) is 0 Å². The summed E-state index contributed by atoms with van der Waals surface area (Å²) in [5.74, 6) is -1.37. The second kappa shape index (κ2) is 12.9. The number of anilines is 1. The number of allylic oxidation sites excluding steroid dienone is 4. The van der Waals surface area contributed by atoms with Gasteiger partial charge in [-0.2, -0.15) is 0 Å². The Bertz CT molecular complexity index is 1380. The molecule has 0 bridgehead atoms. The van der Waals surface area contributed by atoms with Crippen LogP contribution in [0.1, 0.15) is 18.1 Å². The van der Waals surface area contributed by atoms with Crippen molar-refractivity contribution in [1.82, 2.24) is 0 Å². The van der Waals surface area contributed by atoms with Gasteiger partial charge in [-0.3, -0.25) is 9.69 Å². The minimum absolute atomic E-state index is 0.0621. The fraction of sp³-hybridized carbons (Fsp3) is 0.167. The van der Waals surface area contributed by atoms with Gasteiger partial charge in [-0.25, -0.2) is 8.42 Å². The van der Waals surface area contributed by atoms with Crippen LogP contribution in [0.4, 0.5) is 5.69 Å². The first-order valence-electron chi connectivity index (χ1n) is 11.8. The van der Waals surface area contributed by atoms with Gasteiger partial charge in [0.2, 0.25) is 5.91 Å². The Labute approximate surface area is 218 Å². The molecule has 7 heteroatoms. The number of nitrogens with zero attached hydrogens (tertiary/aromatic N) is 1. The molecule has 6 nitrogen and oxygen atoms in total. The number of hydrogen-bond donors (Lipinski definition) is 2. The van der Waals surface area contributed by atoms with Crippen molar-refractivity contribution < 1.29 is 23.4 Å². The Balaban J connectivity index is 1.95. The number of amides is 1. The van der Waals surface area contributed by atoms with E-state index >= 15 is 0 Å². The lowest BCUT2D eigenvalue weighted by Gasteiger charge is -2.28. The lowest BCUT2D eigenvalue weighted by molar-refractivity contribution is -0.123. The lowest BCUT2D eigenvalue weighted by atomic mass is 9.95. The molecular weight excluding hydrogens is 486 g/mol. The van der Waals surface area contributed by atoms with Gasteiger partial charge < -0.3 is 10.2 Å². The molecule has 192 valence electrons. The summed E-state index contributed by atoms with van der Waals surface area (Å²) in [6.45, 7) is 5.04. The monoisotopic (exact) mass is 517 g/mol. The molecular formula is C30H31NO5S. The van der Waals surface area contributed by atoms with Gasteiger partial charge in [0.15, 0.2) is 9.84 Å². The second-order valence-corrected chi connectivity index (χ2v) is 10.4. The summed E-state index contributed by atoms with van der Waals surface area (Å²) >= 11 is 0. The summed E-state index contributed by atoms with van der Waals surface area (Å²) in [5.41, 5.74) is 2.33. The average molecular weight is 518 g/mol. The Kier molecular flexibility index (Phi) is 9.60. The summed E-state index contributed by atoms with van der Waals surface area (Å²) in [7, 11) is -3.60. The SMILES string of the molecule is C=C/C=C\C(=C/C)N(C(=O)C(CO)Cc1ccccc1CS(=O)(=O)c1ccccc1)c1ccc(O)cc1. The van der Waals surface area contributed by atoms with Gasteiger partial charge in [0, 0.05) is 11.4 Å². The van der Waals surface area contributed by atoms with E-state index in [0.29, 0.717) is 22.5 Å². The Morgan fingerprint density at radius 3 is 2.19 bits per heavy atom. The molecule has 0 saturated carbocycles. The first kappa shape index (κ1) is 27.6. The minimum atomic E-state index is -3.60. The number of aliphatic hydroxyl groups excluding tert-OH is 1. The van der Waals surface area contributed by atoms with E-state index in [2.05, 4.69) is 6.58 Å². The third kappa shape index (κ3) is 7.06. The Morgan fingerprint density at radius 1 is 0.973 bits per heavy atom. The predicted molar refractivity (Wildman–Crippen MR) is 147 cm³/mol. The molecule has 3 aromatic rings. The third-order valence-corrected chi connectivity index (χ3v) is 7.57. The number of phenolic OH excluding ortho intramolecular Hbond substituents is 1. The second-order valence-electron chi connectivity index (χ2n) is 8.42. The molecule has 0 fully saturated rings. The van der Waals surface area contributed by atoms with Crippen LogP contribution in [0.25, 0.3) is 0 Å². The van der Waals surface area contributed by atoms with Crippen molar-refractivity contribution in [3.8, 4) is 5.75 Å². The van der Waals surface area contributed by atoms with Crippen LogP contribution in [0, 0.1) is 5.92 Å². The zero-order valence-corrected chi connectivity index (χ0v) is 21.5. The van der Waals surface area contributed by atoms with Crippen molar-refractivity contribution in [2.75, 3.05) is 11.5 Å². The van der Waals surface area contributed by atoms with Gasteiger partial charge >= 0.3 is 0 Å². The van der Waals surface area contributed by atoms with Crippen molar-refractivity contribution in [2.24, 2.45) is 5.92 Å². The van der Waals surface area contributed by atoms with E-state index in [-0.39, 0.29) is 28.7 Å². The topological polar surface area (TPSA) is 94.9 Å². The van der Waals surface area contributed by atoms with E-state index < -0.39 is 22.4 Å². The van der Waals surface area contributed by atoms with Crippen LogP contribution >= 0.6 is 0 Å². The number of carbonyl (C=O) groups excluding carboxylic acids is 1. The van der Waals surface area contributed by atoms with Crippen molar-refractivity contribution in [1.29, 1.82) is 0 Å². The third-order valence-electron chi connectivity index (χ3n) is 5.89. The van der Waals surface area contributed by atoms with Crippen LogP contribution in [0.5, 0.6) is 5.75 Å². The van der Waals surface area contributed by atoms with Crippen LogP contribution in [0.15, 0.2) is 120 Å². The highest BCUT2D eigenvalue weighted by molar-refractivity contribution is 7.90. The molecule has 0 aromatic heterocycles. The minimum Gasteiger partial charge on any atom is -0.508 e. The molecule has 3 rings (SSSR count). The molecule has 0 aliphatic carbocycles. The molecule has 0 spiro atoms. The Morgan fingerprint density at radius 2 is 1.59 bits per heavy atom. The molecule has 0 heterocycles. The molecule has 0 aliphatic rings. The van der Waals surface area contributed by atoms with E-state index in [1.54, 1.807) is 98.0 Å². The Hall–Kier alpha value is -3.94. The summed E-state index contributed by atoms with van der Waals surface area (Å²) in [6.07, 6.45) is 6.93. The van der Waals surface area contributed by atoms with Gasteiger partial charge in [0.1, 0.15) is 5.75 Å². The first-order chi connectivity index (χ1) is 17.8. The van der Waals surface area contributed by atoms with Crippen LogP contribution in [-0.4, -0.2) is 31.1 Å². The number of phenols is 1. The largest absolute Gasteiger partial charge is 0.508 e. The number of sulfone groups is 1. The first-order valence-corrected chi connectivity index (χ1v) is 13.5. The van der Waals surface area contributed by atoms with Crippen LogP contribution in [-0.2, 0) is 26.8 Å². The highest BCUT2D eigenvalue weighted by Crippen LogP contribution is 2.27. The smallest absolute Gasteiger partial charge is 0.237 e. The summed E-state index contributed by atoms with van der Waals surface area (Å²) < 4.78 is 26.0. The number of aliphatic hydroxyl groups is 1.